The van der Waals surface area contributed by atoms with Gasteiger partial charge in [0.25, 0.3) is 0 Å². The van der Waals surface area contributed by atoms with E-state index in [-0.39, 0.29) is 6.04 Å². The maximum absolute atomic E-state index is 5.55. The van der Waals surface area contributed by atoms with Gasteiger partial charge in [-0.15, -0.1) is 0 Å². The van der Waals surface area contributed by atoms with E-state index in [1.54, 1.807) is 26.7 Å². The highest BCUT2D eigenvalue weighted by Gasteiger charge is 2.29. The molecule has 2 heterocycles. The second-order valence-corrected chi connectivity index (χ2v) is 5.03. The lowest BCUT2D eigenvalue weighted by Crippen LogP contribution is -2.23. The van der Waals surface area contributed by atoms with Crippen molar-refractivity contribution in [2.45, 2.75) is 18.9 Å². The SMILES string of the molecule is COc1ccc(C2CCCN2c2ccncn2)c(OC)c1. The quantitative estimate of drug-likeness (QED) is 0.864. The minimum atomic E-state index is 0.278. The van der Waals surface area contributed by atoms with E-state index in [2.05, 4.69) is 20.9 Å². The lowest BCUT2D eigenvalue weighted by atomic mass is 10.0. The van der Waals surface area contributed by atoms with Crippen LogP contribution < -0.4 is 14.4 Å². The minimum Gasteiger partial charge on any atom is -0.497 e. The normalized spacial score (nSPS) is 17.8. The Labute approximate surface area is 124 Å². The molecule has 0 bridgehead atoms. The summed E-state index contributed by atoms with van der Waals surface area (Å²) in [5.74, 6) is 2.63. The number of nitrogens with zero attached hydrogens (tertiary/aromatic N) is 3. The Bertz CT molecular complexity index is 604. The van der Waals surface area contributed by atoms with Crippen molar-refractivity contribution in [1.82, 2.24) is 9.97 Å². The van der Waals surface area contributed by atoms with Gasteiger partial charge in [0, 0.05) is 24.4 Å². The number of hydrogen-bond acceptors (Lipinski definition) is 5. The van der Waals surface area contributed by atoms with Crippen LogP contribution in [0.2, 0.25) is 0 Å². The number of methoxy groups -OCH3 is 2. The molecule has 1 aromatic heterocycles. The molecule has 110 valence electrons. The highest BCUT2D eigenvalue weighted by molar-refractivity contribution is 5.49. The van der Waals surface area contributed by atoms with Crippen molar-refractivity contribution < 1.29 is 9.47 Å². The summed E-state index contributed by atoms with van der Waals surface area (Å²) in [6, 6.07) is 8.23. The molecule has 1 aliphatic rings. The van der Waals surface area contributed by atoms with Gasteiger partial charge in [-0.1, -0.05) is 0 Å². The first-order chi connectivity index (χ1) is 10.3. The summed E-state index contributed by atoms with van der Waals surface area (Å²) in [7, 11) is 3.36. The third kappa shape index (κ3) is 2.63. The average Bonchev–Trinajstić information content (AvgIpc) is 3.04. The molecule has 1 aromatic carbocycles. The largest absolute Gasteiger partial charge is 0.497 e. The van der Waals surface area contributed by atoms with Crippen molar-refractivity contribution in [3.8, 4) is 11.5 Å². The zero-order valence-electron chi connectivity index (χ0n) is 12.3. The number of ether oxygens (including phenoxy) is 2. The van der Waals surface area contributed by atoms with Crippen LogP contribution in [0.3, 0.4) is 0 Å². The molecule has 5 heteroatoms. The third-order valence-electron chi connectivity index (χ3n) is 3.91. The highest BCUT2D eigenvalue weighted by atomic mass is 16.5. The molecule has 1 fully saturated rings. The summed E-state index contributed by atoms with van der Waals surface area (Å²) in [6.45, 7) is 0.997. The second-order valence-electron chi connectivity index (χ2n) is 5.03. The number of hydrogen-bond donors (Lipinski definition) is 0. The molecule has 0 amide bonds. The van der Waals surface area contributed by atoms with Crippen LogP contribution in [0.15, 0.2) is 36.8 Å². The summed E-state index contributed by atoms with van der Waals surface area (Å²) in [6.07, 6.45) is 5.61. The van der Waals surface area contributed by atoms with Crippen LogP contribution in [-0.4, -0.2) is 30.7 Å². The Morgan fingerprint density at radius 2 is 2.10 bits per heavy atom. The summed E-state index contributed by atoms with van der Waals surface area (Å²) >= 11 is 0. The highest BCUT2D eigenvalue weighted by Crippen LogP contribution is 2.40. The predicted molar refractivity (Wildman–Crippen MR) is 80.9 cm³/mol. The van der Waals surface area contributed by atoms with Crippen LogP contribution in [0, 0.1) is 0 Å². The van der Waals surface area contributed by atoms with Gasteiger partial charge in [0.1, 0.15) is 23.6 Å². The summed E-state index contributed by atoms with van der Waals surface area (Å²) < 4.78 is 10.8. The molecule has 5 nitrogen and oxygen atoms in total. The topological polar surface area (TPSA) is 47.5 Å². The van der Waals surface area contributed by atoms with Crippen LogP contribution in [0.1, 0.15) is 24.4 Å². The van der Waals surface area contributed by atoms with Crippen LogP contribution in [-0.2, 0) is 0 Å². The first kappa shape index (κ1) is 13.7. The standard InChI is InChI=1S/C16H19N3O2/c1-20-12-5-6-13(15(10-12)21-2)14-4-3-9-19(14)16-7-8-17-11-18-16/h5-8,10-11,14H,3-4,9H2,1-2H3. The molecule has 0 radical (unpaired) electrons. The third-order valence-corrected chi connectivity index (χ3v) is 3.91. The van der Waals surface area contributed by atoms with Crippen LogP contribution in [0.4, 0.5) is 5.82 Å². The van der Waals surface area contributed by atoms with Gasteiger partial charge in [-0.2, -0.15) is 0 Å². The van der Waals surface area contributed by atoms with E-state index in [0.29, 0.717) is 0 Å². The Kier molecular flexibility index (Phi) is 3.90. The van der Waals surface area contributed by atoms with Crippen molar-refractivity contribution in [1.29, 1.82) is 0 Å². The summed E-state index contributed by atoms with van der Waals surface area (Å²) in [4.78, 5) is 10.7. The smallest absolute Gasteiger partial charge is 0.132 e. The number of anilines is 1. The second kappa shape index (κ2) is 5.99. The van der Waals surface area contributed by atoms with Crippen LogP contribution in [0.5, 0.6) is 11.5 Å². The minimum absolute atomic E-state index is 0.278. The van der Waals surface area contributed by atoms with Crippen molar-refractivity contribution in [3.63, 3.8) is 0 Å². The van der Waals surface area contributed by atoms with Crippen LogP contribution >= 0.6 is 0 Å². The first-order valence-electron chi connectivity index (χ1n) is 7.08. The van der Waals surface area contributed by atoms with Gasteiger partial charge >= 0.3 is 0 Å². The molecular formula is C16H19N3O2. The van der Waals surface area contributed by atoms with E-state index in [4.69, 9.17) is 9.47 Å². The molecule has 0 spiro atoms. The Balaban J connectivity index is 1.95. The molecule has 1 unspecified atom stereocenters. The van der Waals surface area contributed by atoms with Gasteiger partial charge in [-0.05, 0) is 31.0 Å². The Morgan fingerprint density at radius 1 is 1.19 bits per heavy atom. The summed E-state index contributed by atoms with van der Waals surface area (Å²) in [5.41, 5.74) is 1.18. The van der Waals surface area contributed by atoms with E-state index >= 15 is 0 Å². The fourth-order valence-corrected chi connectivity index (χ4v) is 2.91. The monoisotopic (exact) mass is 285 g/mol. The van der Waals surface area contributed by atoms with Gasteiger partial charge < -0.3 is 14.4 Å². The molecule has 3 rings (SSSR count). The van der Waals surface area contributed by atoms with Crippen molar-refractivity contribution in [2.75, 3.05) is 25.7 Å². The number of aromatic nitrogens is 2. The van der Waals surface area contributed by atoms with Crippen molar-refractivity contribution >= 4 is 5.82 Å². The molecule has 1 aliphatic heterocycles. The number of rotatable bonds is 4. The van der Waals surface area contributed by atoms with E-state index in [0.717, 1.165) is 36.7 Å². The number of benzene rings is 1. The van der Waals surface area contributed by atoms with Gasteiger partial charge in [0.15, 0.2) is 0 Å². The molecule has 1 saturated heterocycles. The predicted octanol–water partition coefficient (Wildman–Crippen LogP) is 2.84. The maximum atomic E-state index is 5.55. The lowest BCUT2D eigenvalue weighted by Gasteiger charge is -2.27. The average molecular weight is 285 g/mol. The zero-order chi connectivity index (χ0) is 14.7. The lowest BCUT2D eigenvalue weighted by molar-refractivity contribution is 0.388. The van der Waals surface area contributed by atoms with Gasteiger partial charge in [-0.3, -0.25) is 0 Å². The maximum Gasteiger partial charge on any atom is 0.132 e. The van der Waals surface area contributed by atoms with E-state index in [1.165, 1.54) is 5.56 Å². The van der Waals surface area contributed by atoms with Crippen molar-refractivity contribution in [3.05, 3.63) is 42.4 Å². The molecule has 0 aliphatic carbocycles. The van der Waals surface area contributed by atoms with E-state index in [1.807, 2.05) is 18.2 Å². The first-order valence-corrected chi connectivity index (χ1v) is 7.08. The molecule has 1 atom stereocenters. The van der Waals surface area contributed by atoms with Crippen LogP contribution in [0.25, 0.3) is 0 Å². The van der Waals surface area contributed by atoms with Gasteiger partial charge in [0.05, 0.1) is 20.3 Å². The molecule has 0 N–H and O–H groups in total. The Morgan fingerprint density at radius 3 is 2.81 bits per heavy atom. The van der Waals surface area contributed by atoms with Crippen molar-refractivity contribution in [2.24, 2.45) is 0 Å². The van der Waals surface area contributed by atoms with E-state index in [9.17, 15) is 0 Å². The molecule has 2 aromatic rings. The Hall–Kier alpha value is -2.30. The fraction of sp³-hybridized carbons (Fsp3) is 0.375. The zero-order valence-corrected chi connectivity index (χ0v) is 12.3. The molecule has 0 saturated carbocycles. The molecule has 21 heavy (non-hydrogen) atoms. The molecular weight excluding hydrogens is 266 g/mol. The van der Waals surface area contributed by atoms with E-state index < -0.39 is 0 Å². The fourth-order valence-electron chi connectivity index (χ4n) is 2.91. The summed E-state index contributed by atoms with van der Waals surface area (Å²) in [5, 5.41) is 0. The van der Waals surface area contributed by atoms with Gasteiger partial charge in [-0.25, -0.2) is 9.97 Å². The van der Waals surface area contributed by atoms with Gasteiger partial charge in [0.2, 0.25) is 0 Å².